The molecular formula is C14H15N3O3. The molecular weight excluding hydrogens is 258 g/mol. The second-order valence-electron chi connectivity index (χ2n) is 4.64. The van der Waals surface area contributed by atoms with Crippen molar-refractivity contribution in [3.05, 3.63) is 64.5 Å². The molecule has 0 bridgehead atoms. The van der Waals surface area contributed by atoms with Gasteiger partial charge in [-0.05, 0) is 18.6 Å². The normalized spacial score (nSPS) is 13.5. The summed E-state index contributed by atoms with van der Waals surface area (Å²) in [5.41, 5.74) is -0.167. The summed E-state index contributed by atoms with van der Waals surface area (Å²) in [5.74, 6) is 0. The molecule has 0 aliphatic rings. The van der Waals surface area contributed by atoms with Crippen LogP contribution in [-0.2, 0) is 5.60 Å². The summed E-state index contributed by atoms with van der Waals surface area (Å²) < 4.78 is 0. The van der Waals surface area contributed by atoms with Crippen LogP contribution in [0, 0.1) is 10.1 Å². The van der Waals surface area contributed by atoms with E-state index in [0.29, 0.717) is 5.69 Å². The fourth-order valence-corrected chi connectivity index (χ4v) is 1.85. The number of nitrogens with one attached hydrogen (secondary N) is 1. The molecule has 0 aliphatic carbocycles. The van der Waals surface area contributed by atoms with E-state index in [2.05, 4.69) is 10.3 Å². The number of nitrogens with zero attached hydrogens (tertiary/aromatic N) is 2. The first-order chi connectivity index (χ1) is 9.50. The second kappa shape index (κ2) is 5.66. The first-order valence-electron chi connectivity index (χ1n) is 6.11. The molecule has 6 heteroatoms. The number of anilines is 1. The van der Waals surface area contributed by atoms with Crippen molar-refractivity contribution in [3.63, 3.8) is 0 Å². The SMILES string of the molecule is C[C@](O)(CNc1ccncc1[N+](=O)[O-])c1ccccc1. The Morgan fingerprint density at radius 1 is 1.35 bits per heavy atom. The quantitative estimate of drug-likeness (QED) is 0.644. The zero-order valence-electron chi connectivity index (χ0n) is 11.0. The van der Waals surface area contributed by atoms with Crippen molar-refractivity contribution >= 4 is 11.4 Å². The minimum Gasteiger partial charge on any atom is -0.384 e. The van der Waals surface area contributed by atoms with Crippen LogP contribution in [0.3, 0.4) is 0 Å². The Morgan fingerprint density at radius 2 is 2.05 bits per heavy atom. The van der Waals surface area contributed by atoms with E-state index in [1.165, 1.54) is 18.5 Å². The van der Waals surface area contributed by atoms with Gasteiger partial charge in [0.25, 0.3) is 0 Å². The maximum absolute atomic E-state index is 10.9. The number of aliphatic hydroxyl groups is 1. The van der Waals surface area contributed by atoms with E-state index in [1.54, 1.807) is 6.92 Å². The first kappa shape index (κ1) is 14.0. The van der Waals surface area contributed by atoms with Gasteiger partial charge < -0.3 is 10.4 Å². The summed E-state index contributed by atoms with van der Waals surface area (Å²) in [5, 5.41) is 24.2. The van der Waals surface area contributed by atoms with Gasteiger partial charge in [0.15, 0.2) is 0 Å². The van der Waals surface area contributed by atoms with E-state index in [4.69, 9.17) is 0 Å². The largest absolute Gasteiger partial charge is 0.384 e. The number of aromatic nitrogens is 1. The molecule has 20 heavy (non-hydrogen) atoms. The predicted octanol–water partition coefficient (Wildman–Crippen LogP) is 2.31. The van der Waals surface area contributed by atoms with Crippen LogP contribution in [0.25, 0.3) is 0 Å². The highest BCUT2D eigenvalue weighted by Gasteiger charge is 2.24. The predicted molar refractivity (Wildman–Crippen MR) is 75.4 cm³/mol. The van der Waals surface area contributed by atoms with Gasteiger partial charge in [-0.25, -0.2) is 0 Å². The van der Waals surface area contributed by atoms with Crippen molar-refractivity contribution in [2.24, 2.45) is 0 Å². The van der Waals surface area contributed by atoms with Crippen molar-refractivity contribution in [1.82, 2.24) is 4.98 Å². The number of hydrogen-bond donors (Lipinski definition) is 2. The zero-order chi connectivity index (χ0) is 14.6. The highest BCUT2D eigenvalue weighted by atomic mass is 16.6. The third-order valence-electron chi connectivity index (χ3n) is 3.02. The van der Waals surface area contributed by atoms with Gasteiger partial charge in [-0.15, -0.1) is 0 Å². The smallest absolute Gasteiger partial charge is 0.310 e. The lowest BCUT2D eigenvalue weighted by Crippen LogP contribution is -2.30. The van der Waals surface area contributed by atoms with Crippen molar-refractivity contribution < 1.29 is 10.0 Å². The molecule has 0 saturated heterocycles. The maximum atomic E-state index is 10.9. The molecule has 0 aliphatic heterocycles. The van der Waals surface area contributed by atoms with Gasteiger partial charge in [0.1, 0.15) is 17.5 Å². The zero-order valence-corrected chi connectivity index (χ0v) is 11.0. The van der Waals surface area contributed by atoms with Crippen LogP contribution in [0.5, 0.6) is 0 Å². The molecule has 0 saturated carbocycles. The Balaban J connectivity index is 2.15. The molecule has 1 atom stereocenters. The fraction of sp³-hybridized carbons (Fsp3) is 0.214. The summed E-state index contributed by atoms with van der Waals surface area (Å²) >= 11 is 0. The highest BCUT2D eigenvalue weighted by molar-refractivity contribution is 5.59. The monoisotopic (exact) mass is 273 g/mol. The first-order valence-corrected chi connectivity index (χ1v) is 6.11. The van der Waals surface area contributed by atoms with Crippen molar-refractivity contribution in [2.75, 3.05) is 11.9 Å². The Kier molecular flexibility index (Phi) is 3.95. The lowest BCUT2D eigenvalue weighted by Gasteiger charge is -2.24. The summed E-state index contributed by atoms with van der Waals surface area (Å²) in [6.07, 6.45) is 2.64. The minimum absolute atomic E-state index is 0.114. The lowest BCUT2D eigenvalue weighted by atomic mass is 9.96. The molecule has 0 fully saturated rings. The van der Waals surface area contributed by atoms with Gasteiger partial charge >= 0.3 is 5.69 Å². The Hall–Kier alpha value is -2.47. The topological polar surface area (TPSA) is 88.3 Å². The Labute approximate surface area is 116 Å². The molecule has 1 heterocycles. The van der Waals surface area contributed by atoms with Crippen LogP contribution in [0.15, 0.2) is 48.8 Å². The average molecular weight is 273 g/mol. The number of nitro groups is 1. The van der Waals surface area contributed by atoms with Gasteiger partial charge in [-0.1, -0.05) is 30.3 Å². The molecule has 104 valence electrons. The fourth-order valence-electron chi connectivity index (χ4n) is 1.85. The van der Waals surface area contributed by atoms with Crippen molar-refractivity contribution in [1.29, 1.82) is 0 Å². The number of rotatable bonds is 5. The van der Waals surface area contributed by atoms with Crippen LogP contribution in [-0.4, -0.2) is 21.6 Å². The third kappa shape index (κ3) is 3.10. The van der Waals surface area contributed by atoms with Gasteiger partial charge in [0, 0.05) is 12.7 Å². The van der Waals surface area contributed by atoms with Crippen molar-refractivity contribution in [2.45, 2.75) is 12.5 Å². The van der Waals surface area contributed by atoms with E-state index in [-0.39, 0.29) is 12.2 Å². The standard InChI is InChI=1S/C14H15N3O3/c1-14(18,11-5-3-2-4-6-11)10-16-12-7-8-15-9-13(12)17(19)20/h2-9,18H,10H2,1H3,(H,15,16)/t14-/m0/s1. The molecule has 0 radical (unpaired) electrons. The lowest BCUT2D eigenvalue weighted by molar-refractivity contribution is -0.384. The molecule has 2 rings (SSSR count). The molecule has 1 aromatic heterocycles. The van der Waals surface area contributed by atoms with Gasteiger partial charge in [-0.3, -0.25) is 15.1 Å². The molecule has 0 spiro atoms. The summed E-state index contributed by atoms with van der Waals surface area (Å²) in [6, 6.07) is 10.7. The molecule has 2 N–H and O–H groups in total. The van der Waals surface area contributed by atoms with Gasteiger partial charge in [0.05, 0.1) is 4.92 Å². The average Bonchev–Trinajstić information content (AvgIpc) is 2.46. The Bertz CT molecular complexity index is 600. The summed E-state index contributed by atoms with van der Waals surface area (Å²) in [6.45, 7) is 1.81. The second-order valence-corrected chi connectivity index (χ2v) is 4.64. The molecule has 2 aromatic rings. The maximum Gasteiger partial charge on any atom is 0.310 e. The molecule has 1 aromatic carbocycles. The van der Waals surface area contributed by atoms with E-state index in [1.807, 2.05) is 30.3 Å². The number of pyridine rings is 1. The van der Waals surface area contributed by atoms with Crippen LogP contribution in [0.2, 0.25) is 0 Å². The van der Waals surface area contributed by atoms with Gasteiger partial charge in [-0.2, -0.15) is 0 Å². The van der Waals surface area contributed by atoms with E-state index < -0.39 is 10.5 Å². The van der Waals surface area contributed by atoms with E-state index in [9.17, 15) is 15.2 Å². The third-order valence-corrected chi connectivity index (χ3v) is 3.02. The van der Waals surface area contributed by atoms with Crippen LogP contribution >= 0.6 is 0 Å². The summed E-state index contributed by atoms with van der Waals surface area (Å²) in [7, 11) is 0. The molecule has 0 amide bonds. The van der Waals surface area contributed by atoms with Crippen LogP contribution in [0.4, 0.5) is 11.4 Å². The van der Waals surface area contributed by atoms with Crippen LogP contribution < -0.4 is 5.32 Å². The van der Waals surface area contributed by atoms with Gasteiger partial charge in [0.2, 0.25) is 0 Å². The number of benzene rings is 1. The Morgan fingerprint density at radius 3 is 2.70 bits per heavy atom. The number of hydrogen-bond acceptors (Lipinski definition) is 5. The summed E-state index contributed by atoms with van der Waals surface area (Å²) in [4.78, 5) is 14.1. The van der Waals surface area contributed by atoms with E-state index >= 15 is 0 Å². The molecule has 6 nitrogen and oxygen atoms in total. The minimum atomic E-state index is -1.13. The molecule has 0 unspecified atom stereocenters. The van der Waals surface area contributed by atoms with Crippen LogP contribution in [0.1, 0.15) is 12.5 Å². The van der Waals surface area contributed by atoms with Crippen molar-refractivity contribution in [3.8, 4) is 0 Å². The highest BCUT2D eigenvalue weighted by Crippen LogP contribution is 2.25. The van der Waals surface area contributed by atoms with E-state index in [0.717, 1.165) is 5.56 Å².